The molecule has 40 heavy (non-hydrogen) atoms. The second-order valence-corrected chi connectivity index (χ2v) is 11.0. The number of hydrogen-bond acceptors (Lipinski definition) is 5. The average molecular weight is 544 g/mol. The molecule has 0 aromatic heterocycles. The van der Waals surface area contributed by atoms with E-state index in [2.05, 4.69) is 23.5 Å². The lowest BCUT2D eigenvalue weighted by Gasteiger charge is -2.54. The van der Waals surface area contributed by atoms with Gasteiger partial charge in [0.1, 0.15) is 18.0 Å². The number of hydrogen-bond donors (Lipinski definition) is 1. The first-order valence-corrected chi connectivity index (χ1v) is 13.7. The van der Waals surface area contributed by atoms with E-state index in [0.717, 1.165) is 27.6 Å². The number of piperazine rings is 1. The minimum absolute atomic E-state index is 0.0255. The molecular formula is C31H37N5O4. The van der Waals surface area contributed by atoms with Gasteiger partial charge >= 0.3 is 6.03 Å². The van der Waals surface area contributed by atoms with Crippen LogP contribution < -0.4 is 10.1 Å². The number of rotatable bonds is 7. The molecule has 5 rings (SSSR count). The van der Waals surface area contributed by atoms with Crippen LogP contribution >= 0.6 is 0 Å². The lowest BCUT2D eigenvalue weighted by atomic mass is 9.96. The molecule has 210 valence electrons. The standard InChI is InChI=1S/C31H37N5O4/c1-21(2)16-27-30(38)34(18-24-10-7-9-23-8-5-6-11-26(23)24)19-28-35(27)29(37)20-33(3)36(28)31(39)32-17-22-12-14-25(40-4)15-13-22/h5-15,21,27-28H,16-20H2,1-4H3,(H,32,39)/t27-,28-/m0/s1. The van der Waals surface area contributed by atoms with Crippen LogP contribution in [-0.2, 0) is 22.7 Å². The molecule has 3 aromatic carbocycles. The van der Waals surface area contributed by atoms with E-state index in [4.69, 9.17) is 4.74 Å². The third-order valence-electron chi connectivity index (χ3n) is 7.69. The zero-order chi connectivity index (χ0) is 28.4. The summed E-state index contributed by atoms with van der Waals surface area (Å²) in [4.78, 5) is 44.4. The second kappa shape index (κ2) is 11.6. The third-order valence-corrected chi connectivity index (χ3v) is 7.69. The van der Waals surface area contributed by atoms with Gasteiger partial charge in [0.05, 0.1) is 20.2 Å². The van der Waals surface area contributed by atoms with Crippen molar-refractivity contribution in [1.82, 2.24) is 25.1 Å². The minimum Gasteiger partial charge on any atom is -0.497 e. The molecule has 0 spiro atoms. The maximum absolute atomic E-state index is 13.9. The number of hydrazine groups is 1. The molecule has 0 aliphatic carbocycles. The fraction of sp³-hybridized carbons (Fsp3) is 0.387. The summed E-state index contributed by atoms with van der Waals surface area (Å²) in [6, 6.07) is 20.8. The van der Waals surface area contributed by atoms with Crippen LogP contribution in [0.15, 0.2) is 66.7 Å². The maximum Gasteiger partial charge on any atom is 0.334 e. The van der Waals surface area contributed by atoms with E-state index >= 15 is 0 Å². The van der Waals surface area contributed by atoms with Gasteiger partial charge < -0.3 is 19.9 Å². The van der Waals surface area contributed by atoms with Crippen molar-refractivity contribution in [3.63, 3.8) is 0 Å². The van der Waals surface area contributed by atoms with E-state index in [1.807, 2.05) is 67.3 Å². The molecule has 0 saturated carbocycles. The summed E-state index contributed by atoms with van der Waals surface area (Å²) in [6.07, 6.45) is -0.0865. The number of nitrogens with one attached hydrogen (secondary N) is 1. The Hall–Kier alpha value is -4.11. The highest BCUT2D eigenvalue weighted by Crippen LogP contribution is 2.31. The Morgan fingerprint density at radius 2 is 1.75 bits per heavy atom. The summed E-state index contributed by atoms with van der Waals surface area (Å²) in [5, 5.41) is 8.46. The van der Waals surface area contributed by atoms with Crippen LogP contribution in [0.5, 0.6) is 5.75 Å². The normalized spacial score (nSPS) is 19.8. The van der Waals surface area contributed by atoms with Crippen LogP contribution in [0.25, 0.3) is 10.8 Å². The van der Waals surface area contributed by atoms with Crippen molar-refractivity contribution in [1.29, 1.82) is 0 Å². The summed E-state index contributed by atoms with van der Waals surface area (Å²) >= 11 is 0. The van der Waals surface area contributed by atoms with Gasteiger partial charge in [-0.3, -0.25) is 9.59 Å². The molecule has 2 atom stereocenters. The lowest BCUT2D eigenvalue weighted by Crippen LogP contribution is -2.75. The first kappa shape index (κ1) is 27.5. The highest BCUT2D eigenvalue weighted by molar-refractivity contribution is 5.92. The quantitative estimate of drug-likeness (QED) is 0.490. The molecule has 3 aromatic rings. The Kier molecular flexibility index (Phi) is 7.93. The molecule has 2 aliphatic heterocycles. The Balaban J connectivity index is 1.43. The second-order valence-electron chi connectivity index (χ2n) is 11.0. The van der Waals surface area contributed by atoms with Crippen LogP contribution in [0.3, 0.4) is 0 Å². The molecule has 0 radical (unpaired) electrons. The number of benzene rings is 3. The number of likely N-dealkylation sites (N-methyl/N-ethyl adjacent to an activating group) is 1. The molecule has 9 heteroatoms. The number of methoxy groups -OCH3 is 1. The summed E-state index contributed by atoms with van der Waals surface area (Å²) in [5.41, 5.74) is 1.96. The molecule has 0 unspecified atom stereocenters. The minimum atomic E-state index is -0.633. The topological polar surface area (TPSA) is 85.4 Å². The van der Waals surface area contributed by atoms with E-state index in [9.17, 15) is 14.4 Å². The van der Waals surface area contributed by atoms with Crippen molar-refractivity contribution in [3.8, 4) is 5.75 Å². The zero-order valence-electron chi connectivity index (χ0n) is 23.5. The van der Waals surface area contributed by atoms with Crippen LogP contribution in [0.4, 0.5) is 4.79 Å². The zero-order valence-corrected chi connectivity index (χ0v) is 23.5. The van der Waals surface area contributed by atoms with Gasteiger partial charge in [-0.1, -0.05) is 68.4 Å². The molecule has 2 heterocycles. The van der Waals surface area contributed by atoms with Crippen molar-refractivity contribution < 1.29 is 19.1 Å². The molecule has 2 saturated heterocycles. The summed E-state index contributed by atoms with van der Waals surface area (Å²) in [7, 11) is 3.35. The number of amides is 4. The molecule has 2 aliphatic rings. The van der Waals surface area contributed by atoms with Gasteiger partial charge in [-0.15, -0.1) is 0 Å². The summed E-state index contributed by atoms with van der Waals surface area (Å²) < 4.78 is 5.22. The first-order chi connectivity index (χ1) is 19.3. The van der Waals surface area contributed by atoms with Crippen LogP contribution in [-0.4, -0.2) is 77.1 Å². The predicted molar refractivity (Wildman–Crippen MR) is 153 cm³/mol. The van der Waals surface area contributed by atoms with Crippen molar-refractivity contribution in [2.75, 3.05) is 27.2 Å². The lowest BCUT2D eigenvalue weighted by molar-refractivity contribution is -0.188. The van der Waals surface area contributed by atoms with Crippen molar-refractivity contribution in [3.05, 3.63) is 77.9 Å². The van der Waals surface area contributed by atoms with E-state index in [1.54, 1.807) is 29.1 Å². The van der Waals surface area contributed by atoms with Crippen LogP contribution in [0.1, 0.15) is 31.4 Å². The van der Waals surface area contributed by atoms with Gasteiger partial charge in [0.15, 0.2) is 0 Å². The molecule has 4 amide bonds. The molecule has 2 fully saturated rings. The highest BCUT2D eigenvalue weighted by atomic mass is 16.5. The molecule has 0 bridgehead atoms. The number of carbonyl (C=O) groups excluding carboxylic acids is 3. The SMILES string of the molecule is COc1ccc(CNC(=O)N2[C@H]3CN(Cc4cccc5ccccc45)C(=O)[C@H](CC(C)C)N3C(=O)CN2C)cc1. The molecule has 9 nitrogen and oxygen atoms in total. The summed E-state index contributed by atoms with van der Waals surface area (Å²) in [6.45, 7) is 5.07. The van der Waals surface area contributed by atoms with E-state index < -0.39 is 12.2 Å². The number of urea groups is 1. The average Bonchev–Trinajstić information content (AvgIpc) is 2.94. The summed E-state index contributed by atoms with van der Waals surface area (Å²) in [5.74, 6) is 0.719. The maximum atomic E-state index is 13.9. The smallest absolute Gasteiger partial charge is 0.334 e. The predicted octanol–water partition coefficient (Wildman–Crippen LogP) is 3.83. The fourth-order valence-electron chi connectivity index (χ4n) is 5.76. The number of nitrogens with zero attached hydrogens (tertiary/aromatic N) is 4. The monoisotopic (exact) mass is 543 g/mol. The van der Waals surface area contributed by atoms with Gasteiger partial charge in [0, 0.05) is 20.1 Å². The third kappa shape index (κ3) is 5.47. The number of ether oxygens (including phenoxy) is 1. The Bertz CT molecular complexity index is 1390. The van der Waals surface area contributed by atoms with Gasteiger partial charge in [-0.25, -0.2) is 14.8 Å². The number of carbonyl (C=O) groups is 3. The van der Waals surface area contributed by atoms with E-state index in [0.29, 0.717) is 19.5 Å². The van der Waals surface area contributed by atoms with Gasteiger partial charge in [-0.05, 0) is 46.4 Å². The highest BCUT2D eigenvalue weighted by Gasteiger charge is 2.50. The first-order valence-electron chi connectivity index (χ1n) is 13.7. The fourth-order valence-corrected chi connectivity index (χ4v) is 5.76. The van der Waals surface area contributed by atoms with E-state index in [-0.39, 0.29) is 36.9 Å². The van der Waals surface area contributed by atoms with Gasteiger partial charge in [-0.2, -0.15) is 0 Å². The Morgan fingerprint density at radius 3 is 2.48 bits per heavy atom. The van der Waals surface area contributed by atoms with E-state index in [1.165, 1.54) is 0 Å². The van der Waals surface area contributed by atoms with Gasteiger partial charge in [0.2, 0.25) is 11.8 Å². The van der Waals surface area contributed by atoms with Crippen molar-refractivity contribution >= 4 is 28.6 Å². The Morgan fingerprint density at radius 1 is 1.02 bits per heavy atom. The largest absolute Gasteiger partial charge is 0.497 e. The van der Waals surface area contributed by atoms with Gasteiger partial charge in [0.25, 0.3) is 0 Å². The van der Waals surface area contributed by atoms with Crippen LogP contribution in [0.2, 0.25) is 0 Å². The van der Waals surface area contributed by atoms with Crippen LogP contribution in [0, 0.1) is 5.92 Å². The van der Waals surface area contributed by atoms with Crippen molar-refractivity contribution in [2.24, 2.45) is 5.92 Å². The van der Waals surface area contributed by atoms with Crippen molar-refractivity contribution in [2.45, 2.75) is 45.6 Å². The molecule has 1 N–H and O–H groups in total. The number of fused-ring (bicyclic) bond motifs is 2. The Labute approximate surface area is 235 Å². The molecular weight excluding hydrogens is 506 g/mol.